The second kappa shape index (κ2) is 6.73. The maximum Gasteiger partial charge on any atom is 0.314 e. The van der Waals surface area contributed by atoms with Crippen LogP contribution < -0.4 is 5.73 Å². The Balaban J connectivity index is 0.000000310. The minimum Gasteiger partial charge on any atom is -0.326 e. The molecule has 1 aromatic heterocycles. The molecule has 0 aliphatic heterocycles. The van der Waals surface area contributed by atoms with E-state index in [0.717, 1.165) is 6.42 Å². The highest BCUT2D eigenvalue weighted by Crippen LogP contribution is 2.04. The molecule has 8 heteroatoms. The molecule has 1 rings (SSSR count). The Morgan fingerprint density at radius 1 is 1.77 bits per heavy atom. The summed E-state index contributed by atoms with van der Waals surface area (Å²) < 4.78 is 8.74. The molecule has 0 saturated heterocycles. The average Bonchev–Trinajstić information content (AvgIpc) is 2.54. The summed E-state index contributed by atoms with van der Waals surface area (Å²) in [6, 6.07) is -0.0174. The van der Waals surface area contributed by atoms with E-state index >= 15 is 0 Å². The number of H-pyrrole nitrogens is 1. The molecule has 0 fully saturated rings. The Kier molecular flexibility index (Phi) is 6.34. The van der Waals surface area contributed by atoms with Crippen LogP contribution in [-0.2, 0) is 4.57 Å². The number of hydrogen-bond acceptors (Lipinski definition) is 4. The van der Waals surface area contributed by atoms with Crippen LogP contribution in [0.25, 0.3) is 0 Å². The van der Waals surface area contributed by atoms with Gasteiger partial charge in [-0.2, -0.15) is 5.10 Å². The van der Waals surface area contributed by atoms with Crippen molar-refractivity contribution in [2.45, 2.75) is 19.4 Å². The fraction of sp³-hybridized carbons (Fsp3) is 0.600. The van der Waals surface area contributed by atoms with Crippen molar-refractivity contribution >= 4 is 8.25 Å². The molecule has 0 radical (unpaired) electrons. The van der Waals surface area contributed by atoms with E-state index in [0.29, 0.717) is 5.82 Å². The molecule has 1 unspecified atom stereocenters. The first-order valence-corrected chi connectivity index (χ1v) is 4.91. The standard InChI is InChI=1S/C5H10N4.H3O3P/c1-2-4(6)5-7-3-8-9-5;1-4(2)3/h3-4H,2,6H2,1H3,(H,7,8,9);4H,(H2,1,2,3). The van der Waals surface area contributed by atoms with Gasteiger partial charge in [0.2, 0.25) is 0 Å². The second-order valence-electron chi connectivity index (χ2n) is 2.15. The highest BCUT2D eigenvalue weighted by molar-refractivity contribution is 7.30. The van der Waals surface area contributed by atoms with Crippen molar-refractivity contribution in [2.24, 2.45) is 5.73 Å². The van der Waals surface area contributed by atoms with E-state index in [4.69, 9.17) is 20.1 Å². The molecule has 76 valence electrons. The molecule has 0 amide bonds. The fourth-order valence-corrected chi connectivity index (χ4v) is 0.580. The van der Waals surface area contributed by atoms with E-state index in [1.165, 1.54) is 6.33 Å². The van der Waals surface area contributed by atoms with E-state index in [1.807, 2.05) is 6.92 Å². The number of nitrogens with one attached hydrogen (secondary N) is 1. The van der Waals surface area contributed by atoms with Gasteiger partial charge in [0.15, 0.2) is 5.82 Å². The number of nitrogens with zero attached hydrogens (tertiary/aromatic N) is 2. The number of aromatic nitrogens is 3. The van der Waals surface area contributed by atoms with Crippen LogP contribution in [0.4, 0.5) is 0 Å². The van der Waals surface area contributed by atoms with Gasteiger partial charge >= 0.3 is 8.25 Å². The molecule has 1 atom stereocenters. The molecule has 0 aromatic carbocycles. The Bertz CT molecular complexity index is 236. The van der Waals surface area contributed by atoms with Gasteiger partial charge in [-0.25, -0.2) is 4.98 Å². The van der Waals surface area contributed by atoms with E-state index in [-0.39, 0.29) is 6.04 Å². The van der Waals surface area contributed by atoms with Crippen LogP contribution in [0, 0.1) is 0 Å². The van der Waals surface area contributed by atoms with Gasteiger partial charge in [0, 0.05) is 0 Å². The first kappa shape index (κ1) is 12.2. The molecule has 0 aliphatic carbocycles. The summed E-state index contributed by atoms with van der Waals surface area (Å²) in [7, 11) is -3.13. The number of rotatable bonds is 2. The molecule has 7 nitrogen and oxygen atoms in total. The highest BCUT2D eigenvalue weighted by Gasteiger charge is 2.04. The Labute approximate surface area is 76.0 Å². The molecule has 1 aromatic rings. The lowest BCUT2D eigenvalue weighted by Gasteiger charge is -1.99. The molecular weight excluding hydrogens is 195 g/mol. The third-order valence-electron chi connectivity index (χ3n) is 1.21. The van der Waals surface area contributed by atoms with Crippen LogP contribution in [0.5, 0.6) is 0 Å². The lowest BCUT2D eigenvalue weighted by Crippen LogP contribution is -2.10. The average molecular weight is 208 g/mol. The summed E-state index contributed by atoms with van der Waals surface area (Å²) in [5.74, 6) is 0.692. The maximum atomic E-state index is 8.74. The van der Waals surface area contributed by atoms with Crippen molar-refractivity contribution in [1.82, 2.24) is 15.2 Å². The molecule has 0 saturated carbocycles. The van der Waals surface area contributed by atoms with Gasteiger partial charge in [-0.05, 0) is 6.42 Å². The topological polar surface area (TPSA) is 125 Å². The van der Waals surface area contributed by atoms with Gasteiger partial charge < -0.3 is 15.5 Å². The van der Waals surface area contributed by atoms with Crippen LogP contribution >= 0.6 is 8.25 Å². The van der Waals surface area contributed by atoms with E-state index < -0.39 is 8.25 Å². The molecule has 5 N–H and O–H groups in total. The van der Waals surface area contributed by atoms with Crippen molar-refractivity contribution in [3.8, 4) is 0 Å². The van der Waals surface area contributed by atoms with Crippen molar-refractivity contribution in [2.75, 3.05) is 0 Å². The number of aromatic amines is 1. The van der Waals surface area contributed by atoms with Crippen molar-refractivity contribution in [3.05, 3.63) is 12.2 Å². The Morgan fingerprint density at radius 3 is 2.62 bits per heavy atom. The molecule has 13 heavy (non-hydrogen) atoms. The monoisotopic (exact) mass is 208 g/mol. The zero-order valence-corrected chi connectivity index (χ0v) is 8.14. The van der Waals surface area contributed by atoms with Crippen LogP contribution in [0.15, 0.2) is 6.33 Å². The Hall–Kier alpha value is -0.750. The number of hydrogen-bond donors (Lipinski definition) is 4. The largest absolute Gasteiger partial charge is 0.326 e. The Morgan fingerprint density at radius 2 is 2.31 bits per heavy atom. The summed E-state index contributed by atoms with van der Waals surface area (Å²) in [5.41, 5.74) is 5.59. The minimum absolute atomic E-state index is 0.0174. The van der Waals surface area contributed by atoms with Crippen molar-refractivity contribution in [1.29, 1.82) is 0 Å². The lowest BCUT2D eigenvalue weighted by molar-refractivity contribution is 0.405. The second-order valence-corrected chi connectivity index (χ2v) is 2.72. The lowest BCUT2D eigenvalue weighted by atomic mass is 10.2. The highest BCUT2D eigenvalue weighted by atomic mass is 31.1. The quantitative estimate of drug-likeness (QED) is 0.489. The maximum absolute atomic E-state index is 8.74. The predicted octanol–water partition coefficient (Wildman–Crippen LogP) is -0.425. The normalized spacial score (nSPS) is 12.1. The van der Waals surface area contributed by atoms with E-state index in [9.17, 15) is 0 Å². The van der Waals surface area contributed by atoms with E-state index in [2.05, 4.69) is 15.2 Å². The zero-order chi connectivity index (χ0) is 10.3. The first-order valence-electron chi connectivity index (χ1n) is 3.61. The summed E-state index contributed by atoms with van der Waals surface area (Å²) in [5, 5.41) is 6.43. The van der Waals surface area contributed by atoms with Gasteiger partial charge in [0.1, 0.15) is 6.33 Å². The van der Waals surface area contributed by atoms with Crippen molar-refractivity contribution < 1.29 is 14.4 Å². The third kappa shape index (κ3) is 6.41. The summed E-state index contributed by atoms with van der Waals surface area (Å²) >= 11 is 0. The van der Waals surface area contributed by atoms with Gasteiger partial charge in [-0.15, -0.1) is 0 Å². The van der Waals surface area contributed by atoms with E-state index in [1.54, 1.807) is 0 Å². The molecule has 1 heterocycles. The molecule has 0 bridgehead atoms. The van der Waals surface area contributed by atoms with Crippen molar-refractivity contribution in [3.63, 3.8) is 0 Å². The van der Waals surface area contributed by atoms with Gasteiger partial charge in [-0.1, -0.05) is 6.92 Å². The predicted molar refractivity (Wildman–Crippen MR) is 47.0 cm³/mol. The van der Waals surface area contributed by atoms with Crippen LogP contribution in [-0.4, -0.2) is 25.0 Å². The molecule has 0 spiro atoms. The fourth-order valence-electron chi connectivity index (χ4n) is 0.580. The third-order valence-corrected chi connectivity index (χ3v) is 1.21. The van der Waals surface area contributed by atoms with Gasteiger partial charge in [0.25, 0.3) is 0 Å². The minimum atomic E-state index is -3.13. The number of nitrogens with two attached hydrogens (primary N) is 1. The van der Waals surface area contributed by atoms with Crippen LogP contribution in [0.2, 0.25) is 0 Å². The summed E-state index contributed by atoms with van der Waals surface area (Å²) in [6.07, 6.45) is 2.41. The zero-order valence-electron chi connectivity index (χ0n) is 7.14. The first-order chi connectivity index (χ1) is 6.07. The van der Waals surface area contributed by atoms with Gasteiger partial charge in [-0.3, -0.25) is 9.66 Å². The summed E-state index contributed by atoms with van der Waals surface area (Å²) in [4.78, 5) is 18.2. The van der Waals surface area contributed by atoms with Crippen LogP contribution in [0.1, 0.15) is 25.2 Å². The smallest absolute Gasteiger partial charge is 0.314 e. The molecule has 0 aliphatic rings. The molecular formula is C5H13N4O3P. The SMILES string of the molecule is CCC(N)c1nc[nH]n1.O=[PH](O)O. The van der Waals surface area contributed by atoms with Gasteiger partial charge in [0.05, 0.1) is 6.04 Å². The summed E-state index contributed by atoms with van der Waals surface area (Å²) in [6.45, 7) is 2.00. The van der Waals surface area contributed by atoms with Crippen LogP contribution in [0.3, 0.4) is 0 Å².